The monoisotopic (exact) mass is 283 g/mol. The Kier molecular flexibility index (Phi) is 4.36. The van der Waals surface area contributed by atoms with Crippen LogP contribution in [-0.4, -0.2) is 24.8 Å². The van der Waals surface area contributed by atoms with Crippen molar-refractivity contribution in [2.24, 2.45) is 5.73 Å². The molecule has 0 aliphatic rings. The van der Waals surface area contributed by atoms with E-state index in [1.54, 1.807) is 0 Å². The van der Waals surface area contributed by atoms with Crippen LogP contribution in [0.3, 0.4) is 0 Å². The third kappa shape index (κ3) is 5.03. The first-order chi connectivity index (χ1) is 8.08. The van der Waals surface area contributed by atoms with E-state index in [0.29, 0.717) is 0 Å². The molecule has 3 N–H and O–H groups in total. The van der Waals surface area contributed by atoms with E-state index in [2.05, 4.69) is 0 Å². The summed E-state index contributed by atoms with van der Waals surface area (Å²) in [4.78, 5) is 0. The molecule has 18 heavy (non-hydrogen) atoms. The van der Waals surface area contributed by atoms with E-state index in [1.807, 2.05) is 0 Å². The van der Waals surface area contributed by atoms with Crippen molar-refractivity contribution in [3.8, 4) is 0 Å². The fraction of sp³-hybridized carbons (Fsp3) is 0.400. The summed E-state index contributed by atoms with van der Waals surface area (Å²) in [5.41, 5.74) is 4.88. The van der Waals surface area contributed by atoms with Crippen LogP contribution < -0.4 is 5.73 Å². The van der Waals surface area contributed by atoms with Crippen LogP contribution in [0.1, 0.15) is 11.1 Å². The number of benzene rings is 1. The van der Waals surface area contributed by atoms with Gasteiger partial charge in [0.25, 0.3) is 10.1 Å². The van der Waals surface area contributed by atoms with Crippen LogP contribution in [0.2, 0.25) is 0 Å². The standard InChI is InChI=1S/C10H12F3NO3S/c11-10(12,13)8-3-1-2-7(4-8)5-9(14)6-18(15,16)17/h1-4,9H,5-6,14H2,(H,15,16,17)/t9-/m1/s1. The molecule has 0 fully saturated rings. The number of rotatable bonds is 4. The lowest BCUT2D eigenvalue weighted by molar-refractivity contribution is -0.137. The van der Waals surface area contributed by atoms with Gasteiger partial charge in [-0.15, -0.1) is 0 Å². The van der Waals surface area contributed by atoms with Crippen molar-refractivity contribution in [3.63, 3.8) is 0 Å². The number of alkyl halides is 3. The van der Waals surface area contributed by atoms with Gasteiger partial charge in [0.1, 0.15) is 0 Å². The third-order valence-electron chi connectivity index (χ3n) is 2.18. The first-order valence-electron chi connectivity index (χ1n) is 4.95. The van der Waals surface area contributed by atoms with Crippen molar-refractivity contribution in [1.29, 1.82) is 0 Å². The predicted octanol–water partition coefficient (Wildman–Crippen LogP) is 1.46. The van der Waals surface area contributed by atoms with E-state index >= 15 is 0 Å². The Morgan fingerprint density at radius 2 is 1.94 bits per heavy atom. The summed E-state index contributed by atoms with van der Waals surface area (Å²) in [6.45, 7) is 0. The lowest BCUT2D eigenvalue weighted by Crippen LogP contribution is -2.31. The fourth-order valence-corrected chi connectivity index (χ4v) is 2.17. The van der Waals surface area contributed by atoms with Crippen LogP contribution in [0.5, 0.6) is 0 Å². The highest BCUT2D eigenvalue weighted by Crippen LogP contribution is 2.29. The Balaban J connectivity index is 2.80. The largest absolute Gasteiger partial charge is 0.416 e. The van der Waals surface area contributed by atoms with Gasteiger partial charge in [-0.25, -0.2) is 0 Å². The SMILES string of the molecule is N[C@H](Cc1cccc(C(F)(F)F)c1)CS(=O)(=O)O. The van der Waals surface area contributed by atoms with Crippen molar-refractivity contribution in [1.82, 2.24) is 0 Å². The van der Waals surface area contributed by atoms with Crippen LogP contribution in [0, 0.1) is 0 Å². The highest BCUT2D eigenvalue weighted by Gasteiger charge is 2.30. The molecule has 0 aromatic heterocycles. The lowest BCUT2D eigenvalue weighted by Gasteiger charge is -2.12. The van der Waals surface area contributed by atoms with Crippen molar-refractivity contribution >= 4 is 10.1 Å². The quantitative estimate of drug-likeness (QED) is 0.820. The molecule has 0 aliphatic carbocycles. The highest BCUT2D eigenvalue weighted by atomic mass is 32.2. The molecule has 0 saturated carbocycles. The molecule has 1 aromatic rings. The molecule has 0 saturated heterocycles. The second kappa shape index (κ2) is 5.25. The zero-order valence-electron chi connectivity index (χ0n) is 9.18. The lowest BCUT2D eigenvalue weighted by atomic mass is 10.0. The zero-order valence-corrected chi connectivity index (χ0v) is 10.0. The molecular formula is C10H12F3NO3S. The van der Waals surface area contributed by atoms with E-state index in [-0.39, 0.29) is 12.0 Å². The minimum Gasteiger partial charge on any atom is -0.326 e. The Hall–Kier alpha value is -1.12. The van der Waals surface area contributed by atoms with Gasteiger partial charge in [0.2, 0.25) is 0 Å². The normalized spacial score (nSPS) is 14.5. The Bertz CT molecular complexity index is 513. The maximum absolute atomic E-state index is 12.4. The summed E-state index contributed by atoms with van der Waals surface area (Å²) in [7, 11) is -4.23. The van der Waals surface area contributed by atoms with Gasteiger partial charge < -0.3 is 5.73 Å². The number of nitrogens with two attached hydrogens (primary N) is 1. The van der Waals surface area contributed by atoms with E-state index < -0.39 is 33.7 Å². The van der Waals surface area contributed by atoms with Crippen molar-refractivity contribution < 1.29 is 26.1 Å². The van der Waals surface area contributed by atoms with Crippen molar-refractivity contribution in [3.05, 3.63) is 35.4 Å². The molecule has 102 valence electrons. The van der Waals surface area contributed by atoms with E-state index in [0.717, 1.165) is 12.1 Å². The first kappa shape index (κ1) is 14.9. The molecule has 0 spiro atoms. The van der Waals surface area contributed by atoms with E-state index in [1.165, 1.54) is 12.1 Å². The number of halogens is 3. The maximum Gasteiger partial charge on any atom is 0.416 e. The summed E-state index contributed by atoms with van der Waals surface area (Å²) in [6.07, 6.45) is -4.52. The van der Waals surface area contributed by atoms with Crippen LogP contribution in [0.15, 0.2) is 24.3 Å². The second-order valence-corrected chi connectivity index (χ2v) is 5.41. The minimum absolute atomic E-state index is 0.0658. The molecule has 0 heterocycles. The molecule has 0 bridgehead atoms. The Morgan fingerprint density at radius 3 is 2.44 bits per heavy atom. The van der Waals surface area contributed by atoms with Crippen LogP contribution >= 0.6 is 0 Å². The topological polar surface area (TPSA) is 80.4 Å². The summed E-state index contributed by atoms with van der Waals surface area (Å²) in [6, 6.07) is 3.50. The fourth-order valence-electron chi connectivity index (χ4n) is 1.51. The van der Waals surface area contributed by atoms with Gasteiger partial charge in [0.15, 0.2) is 0 Å². The predicted molar refractivity (Wildman–Crippen MR) is 59.5 cm³/mol. The highest BCUT2D eigenvalue weighted by molar-refractivity contribution is 7.85. The maximum atomic E-state index is 12.4. The summed E-state index contributed by atoms with van der Waals surface area (Å²) in [5, 5.41) is 0. The molecule has 0 amide bonds. The zero-order chi connectivity index (χ0) is 14.0. The molecule has 0 aliphatic heterocycles. The molecule has 0 radical (unpaired) electrons. The molecule has 1 atom stereocenters. The second-order valence-electron chi connectivity index (χ2n) is 3.91. The Morgan fingerprint density at radius 1 is 1.33 bits per heavy atom. The van der Waals surface area contributed by atoms with Gasteiger partial charge in [-0.05, 0) is 18.1 Å². The molecule has 8 heteroatoms. The van der Waals surface area contributed by atoms with Crippen LogP contribution in [-0.2, 0) is 22.7 Å². The van der Waals surface area contributed by atoms with Gasteiger partial charge in [0, 0.05) is 6.04 Å². The molecule has 4 nitrogen and oxygen atoms in total. The average Bonchev–Trinajstić information content (AvgIpc) is 2.13. The summed E-state index contributed by atoms with van der Waals surface area (Å²) < 4.78 is 66.9. The minimum atomic E-state index is -4.46. The van der Waals surface area contributed by atoms with Crippen molar-refractivity contribution in [2.75, 3.05) is 5.75 Å². The molecular weight excluding hydrogens is 271 g/mol. The van der Waals surface area contributed by atoms with Gasteiger partial charge in [-0.3, -0.25) is 4.55 Å². The van der Waals surface area contributed by atoms with Gasteiger partial charge in [-0.2, -0.15) is 21.6 Å². The number of hydrogen-bond acceptors (Lipinski definition) is 3. The third-order valence-corrected chi connectivity index (χ3v) is 3.03. The number of hydrogen-bond donors (Lipinski definition) is 2. The van der Waals surface area contributed by atoms with Gasteiger partial charge >= 0.3 is 6.18 Å². The van der Waals surface area contributed by atoms with Gasteiger partial charge in [0.05, 0.1) is 11.3 Å². The summed E-state index contributed by atoms with van der Waals surface area (Å²) >= 11 is 0. The van der Waals surface area contributed by atoms with Gasteiger partial charge in [-0.1, -0.05) is 18.2 Å². The van der Waals surface area contributed by atoms with E-state index in [9.17, 15) is 21.6 Å². The molecule has 1 aromatic carbocycles. The van der Waals surface area contributed by atoms with Crippen LogP contribution in [0.25, 0.3) is 0 Å². The molecule has 1 rings (SSSR count). The van der Waals surface area contributed by atoms with E-state index in [4.69, 9.17) is 10.3 Å². The average molecular weight is 283 g/mol. The smallest absolute Gasteiger partial charge is 0.326 e. The Labute approximate surface area is 102 Å². The first-order valence-corrected chi connectivity index (χ1v) is 6.56. The molecule has 0 unspecified atom stereocenters. The van der Waals surface area contributed by atoms with Crippen LogP contribution in [0.4, 0.5) is 13.2 Å². The summed E-state index contributed by atoms with van der Waals surface area (Å²) in [5.74, 6) is -0.691. The van der Waals surface area contributed by atoms with Crippen molar-refractivity contribution in [2.45, 2.75) is 18.6 Å².